The summed E-state index contributed by atoms with van der Waals surface area (Å²) in [7, 11) is 2.43. The van der Waals surface area contributed by atoms with Crippen LogP contribution in [0.1, 0.15) is 66.6 Å². The number of para-hydroxylation sites is 1. The number of aryl methyl sites for hydroxylation is 2. The normalized spacial score (nSPS) is 15.4. The Morgan fingerprint density at radius 3 is 2.26 bits per heavy atom. The van der Waals surface area contributed by atoms with Crippen LogP contribution in [0.2, 0.25) is 0 Å². The van der Waals surface area contributed by atoms with Gasteiger partial charge in [-0.3, -0.25) is 4.79 Å². The molecule has 1 aliphatic rings. The van der Waals surface area contributed by atoms with Crippen molar-refractivity contribution < 1.29 is 29.0 Å². The van der Waals surface area contributed by atoms with Gasteiger partial charge in [-0.15, -0.1) is 0 Å². The number of nitrogens with one attached hydrogen (secondary N) is 1. The van der Waals surface area contributed by atoms with Gasteiger partial charge in [0.15, 0.2) is 6.04 Å². The molecule has 1 amide bonds. The lowest BCUT2D eigenvalue weighted by atomic mass is 9.97. The molecule has 1 saturated heterocycles. The fraction of sp³-hybridized carbons (Fsp3) is 0.500. The van der Waals surface area contributed by atoms with Crippen LogP contribution < -0.4 is 10.6 Å². The molecule has 1 atom stereocenters. The van der Waals surface area contributed by atoms with Gasteiger partial charge in [-0.25, -0.2) is 4.79 Å². The first-order chi connectivity index (χ1) is 16.8. The fourth-order valence-corrected chi connectivity index (χ4v) is 5.18. The topological polar surface area (TPSA) is 87.7 Å². The van der Waals surface area contributed by atoms with Crippen LogP contribution in [0.15, 0.2) is 42.5 Å². The molecule has 1 unspecified atom stereocenters. The molecule has 7 heteroatoms. The number of anilines is 1. The van der Waals surface area contributed by atoms with Gasteiger partial charge < -0.3 is 24.7 Å². The number of nitrogens with zero attached hydrogens (tertiary/aromatic N) is 1. The van der Waals surface area contributed by atoms with Gasteiger partial charge in [0.2, 0.25) is 0 Å². The van der Waals surface area contributed by atoms with E-state index in [0.717, 1.165) is 62.5 Å². The summed E-state index contributed by atoms with van der Waals surface area (Å²) in [5.41, 5.74) is 4.45. The molecule has 0 aliphatic carbocycles. The van der Waals surface area contributed by atoms with Gasteiger partial charge in [0.25, 0.3) is 5.91 Å². The number of piperidine rings is 1. The Labute approximate surface area is 209 Å². The summed E-state index contributed by atoms with van der Waals surface area (Å²) in [6.07, 6.45) is 5.25. The lowest BCUT2D eigenvalue weighted by Gasteiger charge is -2.46. The van der Waals surface area contributed by atoms with Crippen molar-refractivity contribution in [3.05, 3.63) is 64.7 Å². The molecule has 2 aromatic rings. The number of carbonyl (C=O) groups is 2. The van der Waals surface area contributed by atoms with Crippen molar-refractivity contribution in [1.29, 1.82) is 0 Å². The highest BCUT2D eigenvalue weighted by Crippen LogP contribution is 2.30. The van der Waals surface area contributed by atoms with Crippen molar-refractivity contribution in [3.8, 4) is 0 Å². The predicted octanol–water partition coefficient (Wildman–Crippen LogP) is 4.17. The SMILES string of the molecule is CCc1cccc(C[N+]2(C(CC)C(=O)Nc3c(C)cccc3C(=O)OC)CCCCC2)c1.CO[O-]. The van der Waals surface area contributed by atoms with E-state index < -0.39 is 5.97 Å². The molecule has 7 nitrogen and oxygen atoms in total. The molecule has 0 aromatic heterocycles. The van der Waals surface area contributed by atoms with E-state index in [9.17, 15) is 9.59 Å². The van der Waals surface area contributed by atoms with Crippen LogP contribution in [-0.2, 0) is 27.4 Å². The molecule has 35 heavy (non-hydrogen) atoms. The number of esters is 1. The highest BCUT2D eigenvalue weighted by atomic mass is 17.1. The Balaban J connectivity index is 0.00000137. The molecule has 1 aliphatic heterocycles. The summed E-state index contributed by atoms with van der Waals surface area (Å²) in [6.45, 7) is 9.04. The van der Waals surface area contributed by atoms with E-state index in [0.29, 0.717) is 11.3 Å². The van der Waals surface area contributed by atoms with Crippen LogP contribution in [0.5, 0.6) is 0 Å². The second-order valence-electron chi connectivity index (χ2n) is 9.13. The van der Waals surface area contributed by atoms with E-state index in [1.165, 1.54) is 24.7 Å². The van der Waals surface area contributed by atoms with E-state index in [2.05, 4.69) is 48.3 Å². The lowest BCUT2D eigenvalue weighted by Crippen LogP contribution is -2.61. The number of rotatable bonds is 8. The molecule has 0 saturated carbocycles. The Hall–Kier alpha value is -2.74. The van der Waals surface area contributed by atoms with Crippen molar-refractivity contribution in [2.45, 2.75) is 65.5 Å². The highest BCUT2D eigenvalue weighted by Gasteiger charge is 2.42. The summed E-state index contributed by atoms with van der Waals surface area (Å²) in [6, 6.07) is 14.0. The zero-order chi connectivity index (χ0) is 25.8. The number of ether oxygens (including phenoxy) is 1. The molecule has 2 aromatic carbocycles. The maximum atomic E-state index is 13.7. The zero-order valence-electron chi connectivity index (χ0n) is 21.8. The molecule has 192 valence electrons. The maximum Gasteiger partial charge on any atom is 0.339 e. The first kappa shape index (κ1) is 28.5. The number of methoxy groups -OCH3 is 1. The van der Waals surface area contributed by atoms with E-state index in [4.69, 9.17) is 9.99 Å². The van der Waals surface area contributed by atoms with Gasteiger partial charge in [-0.1, -0.05) is 50.2 Å². The van der Waals surface area contributed by atoms with Crippen LogP contribution in [0, 0.1) is 6.92 Å². The summed E-state index contributed by atoms with van der Waals surface area (Å²) in [5.74, 6) is -0.448. The minimum atomic E-state index is -0.435. The second-order valence-corrected chi connectivity index (χ2v) is 9.13. The number of hydrogen-bond acceptors (Lipinski definition) is 5. The van der Waals surface area contributed by atoms with E-state index in [1.54, 1.807) is 6.07 Å². The maximum absolute atomic E-state index is 13.7. The Kier molecular flexibility index (Phi) is 11.4. The molecule has 3 rings (SSSR count). The third-order valence-electron chi connectivity index (χ3n) is 6.88. The van der Waals surface area contributed by atoms with E-state index in [1.807, 2.05) is 19.1 Å². The number of carbonyl (C=O) groups excluding carboxylic acids is 2. The van der Waals surface area contributed by atoms with Crippen LogP contribution >= 0.6 is 0 Å². The van der Waals surface area contributed by atoms with Gasteiger partial charge in [0.1, 0.15) is 6.54 Å². The number of likely N-dealkylation sites (tertiary alicyclic amines) is 1. The van der Waals surface area contributed by atoms with Gasteiger partial charge in [0.05, 0.1) is 31.5 Å². The van der Waals surface area contributed by atoms with E-state index >= 15 is 0 Å². The number of quaternary nitrogens is 1. The van der Waals surface area contributed by atoms with Crippen molar-refractivity contribution in [3.63, 3.8) is 0 Å². The first-order valence-corrected chi connectivity index (χ1v) is 12.4. The summed E-state index contributed by atoms with van der Waals surface area (Å²) >= 11 is 0. The lowest BCUT2D eigenvalue weighted by molar-refractivity contribution is -0.959. The predicted molar refractivity (Wildman–Crippen MR) is 136 cm³/mol. The zero-order valence-corrected chi connectivity index (χ0v) is 21.8. The summed E-state index contributed by atoms with van der Waals surface area (Å²) in [5, 5.41) is 11.6. The second kappa shape index (κ2) is 14.0. The Morgan fingerprint density at radius 1 is 1.03 bits per heavy atom. The molecule has 0 bridgehead atoms. The van der Waals surface area contributed by atoms with Crippen molar-refractivity contribution in [1.82, 2.24) is 0 Å². The average molecular weight is 485 g/mol. The van der Waals surface area contributed by atoms with Gasteiger partial charge >= 0.3 is 5.97 Å². The largest absolute Gasteiger partial charge is 0.724 e. The van der Waals surface area contributed by atoms with Crippen LogP contribution in [-0.4, -0.2) is 49.7 Å². The van der Waals surface area contributed by atoms with Crippen molar-refractivity contribution in [2.24, 2.45) is 0 Å². The number of amides is 1. The van der Waals surface area contributed by atoms with E-state index in [-0.39, 0.29) is 11.9 Å². The van der Waals surface area contributed by atoms with Crippen LogP contribution in [0.4, 0.5) is 5.69 Å². The van der Waals surface area contributed by atoms with Gasteiger partial charge in [-0.05, 0) is 49.8 Å². The first-order valence-electron chi connectivity index (χ1n) is 12.4. The third kappa shape index (κ3) is 7.37. The molecular formula is C28H40N2O5. The average Bonchev–Trinajstić information content (AvgIpc) is 2.86. The Morgan fingerprint density at radius 2 is 1.66 bits per heavy atom. The molecule has 1 heterocycles. The standard InChI is InChI=1S/C27H36N2O3.CH4O2/c1-5-21-13-11-14-22(18-21)19-29(16-8-7-9-17-29)24(6-2)26(30)28-25-20(3)12-10-15-23(25)27(31)32-4;1-3-2/h10-15,18,24H,5-9,16-17,19H2,1-4H3;2H,1H3. The third-order valence-corrected chi connectivity index (χ3v) is 6.88. The molecule has 1 fully saturated rings. The monoisotopic (exact) mass is 484 g/mol. The molecule has 1 N–H and O–H groups in total. The minimum absolute atomic E-state index is 0.0134. The highest BCUT2D eigenvalue weighted by molar-refractivity contribution is 6.03. The van der Waals surface area contributed by atoms with Crippen molar-refractivity contribution >= 4 is 17.6 Å². The van der Waals surface area contributed by atoms with Crippen LogP contribution in [0.3, 0.4) is 0 Å². The molecule has 0 spiro atoms. The van der Waals surface area contributed by atoms with Crippen LogP contribution in [0.25, 0.3) is 0 Å². The fourth-order valence-electron chi connectivity index (χ4n) is 5.18. The summed E-state index contributed by atoms with van der Waals surface area (Å²) in [4.78, 5) is 29.0. The number of benzene rings is 2. The van der Waals surface area contributed by atoms with Gasteiger partial charge in [-0.2, -0.15) is 0 Å². The van der Waals surface area contributed by atoms with Crippen molar-refractivity contribution in [2.75, 3.05) is 32.6 Å². The Bertz CT molecular complexity index is 970. The molecule has 0 radical (unpaired) electrons. The minimum Gasteiger partial charge on any atom is -0.724 e. The number of hydrogen-bond donors (Lipinski definition) is 1. The quantitative estimate of drug-likeness (QED) is 0.263. The smallest absolute Gasteiger partial charge is 0.339 e. The summed E-state index contributed by atoms with van der Waals surface area (Å²) < 4.78 is 5.72. The van der Waals surface area contributed by atoms with Gasteiger partial charge in [0, 0.05) is 19.1 Å². The molecular weight excluding hydrogens is 444 g/mol.